The third-order valence-corrected chi connectivity index (χ3v) is 4.98. The smallest absolute Gasteiger partial charge is 0.132 e. The molecule has 0 bridgehead atoms. The van der Waals surface area contributed by atoms with Gasteiger partial charge >= 0.3 is 0 Å². The molecule has 128 valence electrons. The molecule has 2 aliphatic rings. The Morgan fingerprint density at radius 3 is 2.75 bits per heavy atom. The Bertz CT molecular complexity index is 645. The maximum atomic E-state index is 5.90. The van der Waals surface area contributed by atoms with Crippen LogP contribution in [0.2, 0.25) is 0 Å². The van der Waals surface area contributed by atoms with Gasteiger partial charge in [-0.25, -0.2) is 9.97 Å². The lowest BCUT2D eigenvalue weighted by Gasteiger charge is -2.13. The second-order valence-corrected chi connectivity index (χ2v) is 6.88. The summed E-state index contributed by atoms with van der Waals surface area (Å²) in [5.41, 5.74) is 10.4. The van der Waals surface area contributed by atoms with E-state index in [1.807, 2.05) is 19.3 Å². The van der Waals surface area contributed by atoms with Gasteiger partial charge in [0, 0.05) is 37.2 Å². The van der Waals surface area contributed by atoms with Crippen LogP contribution in [0.3, 0.4) is 0 Å². The van der Waals surface area contributed by atoms with Gasteiger partial charge in [-0.05, 0) is 56.9 Å². The van der Waals surface area contributed by atoms with Crippen molar-refractivity contribution in [3.05, 3.63) is 41.6 Å². The first-order chi connectivity index (χ1) is 11.8. The van der Waals surface area contributed by atoms with Gasteiger partial charge in [-0.15, -0.1) is 0 Å². The number of allylic oxidation sites excluding steroid dienone is 3. The largest absolute Gasteiger partial charge is 0.404 e. The minimum Gasteiger partial charge on any atom is -0.404 e. The molecule has 1 heterocycles. The Hall–Kier alpha value is -1.97. The highest BCUT2D eigenvalue weighted by molar-refractivity contribution is 6.23. The number of rotatable bonds is 6. The van der Waals surface area contributed by atoms with Crippen molar-refractivity contribution < 1.29 is 0 Å². The molecule has 4 heteroatoms. The lowest BCUT2D eigenvalue weighted by molar-refractivity contribution is 0.596. The molecular weight excluding hydrogens is 296 g/mol. The Morgan fingerprint density at radius 1 is 1.29 bits per heavy atom. The quantitative estimate of drug-likeness (QED) is 0.633. The molecule has 2 N–H and O–H groups in total. The van der Waals surface area contributed by atoms with Crippen LogP contribution in [-0.2, 0) is 6.42 Å². The minimum absolute atomic E-state index is 0.774. The van der Waals surface area contributed by atoms with E-state index in [1.54, 1.807) is 11.8 Å². The van der Waals surface area contributed by atoms with E-state index in [0.29, 0.717) is 0 Å². The molecule has 0 amide bonds. The van der Waals surface area contributed by atoms with E-state index in [4.69, 9.17) is 10.7 Å². The molecule has 2 fully saturated rings. The average molecular weight is 324 g/mol. The van der Waals surface area contributed by atoms with Crippen LogP contribution in [0.25, 0.3) is 5.57 Å². The minimum atomic E-state index is 0.774. The van der Waals surface area contributed by atoms with Gasteiger partial charge in [-0.2, -0.15) is 0 Å². The molecule has 0 radical (unpaired) electrons. The van der Waals surface area contributed by atoms with Gasteiger partial charge in [0.25, 0.3) is 0 Å². The Balaban J connectivity index is 1.73. The van der Waals surface area contributed by atoms with Gasteiger partial charge in [0.1, 0.15) is 5.82 Å². The monoisotopic (exact) mass is 324 g/mol. The van der Waals surface area contributed by atoms with Gasteiger partial charge in [0.2, 0.25) is 0 Å². The molecule has 0 spiro atoms. The fourth-order valence-corrected chi connectivity index (χ4v) is 3.34. The van der Waals surface area contributed by atoms with Crippen molar-refractivity contribution in [1.82, 2.24) is 9.97 Å². The predicted molar refractivity (Wildman–Crippen MR) is 99.8 cm³/mol. The molecule has 24 heavy (non-hydrogen) atoms. The van der Waals surface area contributed by atoms with Crippen molar-refractivity contribution in [3.8, 4) is 0 Å². The summed E-state index contributed by atoms with van der Waals surface area (Å²) in [6.07, 6.45) is 16.7. The number of nitrogens with zero attached hydrogens (tertiary/aromatic N) is 3. The molecule has 0 unspecified atom stereocenters. The number of hydrogen-bond acceptors (Lipinski definition) is 4. The van der Waals surface area contributed by atoms with Gasteiger partial charge in [-0.1, -0.05) is 18.1 Å². The number of nitrogens with two attached hydrogens (primary N) is 1. The second kappa shape index (κ2) is 8.22. The fourth-order valence-electron chi connectivity index (χ4n) is 3.34. The molecule has 0 saturated heterocycles. The van der Waals surface area contributed by atoms with Crippen molar-refractivity contribution in [2.75, 3.05) is 7.05 Å². The first-order valence-electron chi connectivity index (χ1n) is 9.18. The third-order valence-electron chi connectivity index (χ3n) is 4.98. The molecule has 0 aromatic carbocycles. The molecule has 2 saturated carbocycles. The fraction of sp³-hybridized carbons (Fsp3) is 0.550. The SMILES string of the molecule is CN=C(CC1CC1)C(=CN)c1ccnc(CC=C2CCCCC2)n1. The average Bonchev–Trinajstić information content (AvgIpc) is 3.45. The summed E-state index contributed by atoms with van der Waals surface area (Å²) in [7, 11) is 1.84. The van der Waals surface area contributed by atoms with E-state index in [0.717, 1.165) is 41.6 Å². The summed E-state index contributed by atoms with van der Waals surface area (Å²) >= 11 is 0. The van der Waals surface area contributed by atoms with Crippen molar-refractivity contribution in [1.29, 1.82) is 0 Å². The summed E-state index contributed by atoms with van der Waals surface area (Å²) in [6.45, 7) is 0. The van der Waals surface area contributed by atoms with Crippen LogP contribution in [-0.4, -0.2) is 22.7 Å². The van der Waals surface area contributed by atoms with Crippen LogP contribution in [0.15, 0.2) is 35.1 Å². The normalized spacial score (nSPS) is 19.5. The summed E-state index contributed by atoms with van der Waals surface area (Å²) in [6, 6.07) is 1.94. The van der Waals surface area contributed by atoms with Gasteiger partial charge in [-0.3, -0.25) is 4.99 Å². The van der Waals surface area contributed by atoms with Crippen molar-refractivity contribution in [3.63, 3.8) is 0 Å². The van der Waals surface area contributed by atoms with Crippen LogP contribution in [0.5, 0.6) is 0 Å². The summed E-state index contributed by atoms with van der Waals surface area (Å²) in [5.74, 6) is 1.64. The second-order valence-electron chi connectivity index (χ2n) is 6.88. The topological polar surface area (TPSA) is 64.2 Å². The zero-order valence-electron chi connectivity index (χ0n) is 14.7. The maximum Gasteiger partial charge on any atom is 0.132 e. The van der Waals surface area contributed by atoms with Gasteiger partial charge in [0.15, 0.2) is 0 Å². The molecule has 3 rings (SSSR count). The zero-order valence-corrected chi connectivity index (χ0v) is 14.7. The highest BCUT2D eigenvalue weighted by atomic mass is 14.9. The highest BCUT2D eigenvalue weighted by Crippen LogP contribution is 2.34. The Labute approximate surface area is 145 Å². The maximum absolute atomic E-state index is 5.90. The van der Waals surface area contributed by atoms with E-state index in [1.165, 1.54) is 44.9 Å². The first-order valence-corrected chi connectivity index (χ1v) is 9.18. The molecule has 0 aliphatic heterocycles. The van der Waals surface area contributed by atoms with E-state index >= 15 is 0 Å². The van der Waals surface area contributed by atoms with Gasteiger partial charge in [0.05, 0.1) is 5.69 Å². The van der Waals surface area contributed by atoms with Crippen LogP contribution in [0.1, 0.15) is 62.9 Å². The number of aliphatic imine (C=N–C) groups is 1. The molecular formula is C20H28N4. The van der Waals surface area contributed by atoms with E-state index in [-0.39, 0.29) is 0 Å². The summed E-state index contributed by atoms with van der Waals surface area (Å²) < 4.78 is 0. The van der Waals surface area contributed by atoms with Gasteiger partial charge < -0.3 is 5.73 Å². The molecule has 1 aromatic heterocycles. The summed E-state index contributed by atoms with van der Waals surface area (Å²) in [4.78, 5) is 13.6. The number of hydrogen-bond donors (Lipinski definition) is 1. The first kappa shape index (κ1) is 16.9. The van der Waals surface area contributed by atoms with E-state index in [9.17, 15) is 0 Å². The number of aromatic nitrogens is 2. The standard InChI is InChI=1S/C20H28N4/c1-22-19(13-16-7-8-16)17(14-21)18-11-12-23-20(24-18)10-9-15-5-3-2-4-6-15/h9,11-12,14,16H,2-8,10,13,21H2,1H3. The highest BCUT2D eigenvalue weighted by Gasteiger charge is 2.25. The Kier molecular flexibility index (Phi) is 5.78. The lowest BCUT2D eigenvalue weighted by atomic mass is 9.94. The van der Waals surface area contributed by atoms with Crippen LogP contribution in [0, 0.1) is 5.92 Å². The van der Waals surface area contributed by atoms with Crippen molar-refractivity contribution in [2.24, 2.45) is 16.6 Å². The van der Waals surface area contributed by atoms with Crippen LogP contribution < -0.4 is 5.73 Å². The van der Waals surface area contributed by atoms with E-state index in [2.05, 4.69) is 16.1 Å². The van der Waals surface area contributed by atoms with Crippen molar-refractivity contribution >= 4 is 11.3 Å². The molecule has 1 aromatic rings. The Morgan fingerprint density at radius 2 is 2.08 bits per heavy atom. The predicted octanol–water partition coefficient (Wildman–Crippen LogP) is 4.08. The molecule has 2 aliphatic carbocycles. The molecule has 0 atom stereocenters. The zero-order chi connectivity index (χ0) is 16.8. The van der Waals surface area contributed by atoms with E-state index < -0.39 is 0 Å². The van der Waals surface area contributed by atoms with Crippen LogP contribution >= 0.6 is 0 Å². The lowest BCUT2D eigenvalue weighted by Crippen LogP contribution is -2.09. The molecule has 4 nitrogen and oxygen atoms in total. The van der Waals surface area contributed by atoms with Crippen LogP contribution in [0.4, 0.5) is 0 Å². The van der Waals surface area contributed by atoms with Crippen molar-refractivity contribution in [2.45, 2.75) is 57.8 Å². The summed E-state index contributed by atoms with van der Waals surface area (Å²) in [5, 5.41) is 0. The third kappa shape index (κ3) is 4.53.